The Morgan fingerprint density at radius 3 is 2.33 bits per heavy atom. The summed E-state index contributed by atoms with van der Waals surface area (Å²) in [7, 11) is 0. The Labute approximate surface area is 93.2 Å². The fraction of sp³-hybridized carbons (Fsp3) is 0. The van der Waals surface area contributed by atoms with E-state index in [0.717, 1.165) is 5.75 Å². The molecule has 15 heavy (non-hydrogen) atoms. The minimum absolute atomic E-state index is 0.656. The van der Waals surface area contributed by atoms with Gasteiger partial charge in [-0.2, -0.15) is 0 Å². The number of halogens is 1. The normalized spacial score (nSPS) is 9.93. The van der Waals surface area contributed by atoms with Gasteiger partial charge in [-0.1, -0.05) is 17.7 Å². The minimum atomic E-state index is 0.656. The van der Waals surface area contributed by atoms with Crippen LogP contribution in [0, 0.1) is 0 Å². The molecule has 0 fully saturated rings. The van der Waals surface area contributed by atoms with Gasteiger partial charge < -0.3 is 10.5 Å². The van der Waals surface area contributed by atoms with E-state index in [4.69, 9.17) is 22.1 Å². The monoisotopic (exact) mass is 219 g/mol. The molecule has 0 spiro atoms. The molecule has 2 N–H and O–H groups in total. The van der Waals surface area contributed by atoms with Crippen molar-refractivity contribution >= 4 is 17.3 Å². The lowest BCUT2D eigenvalue weighted by Gasteiger charge is -2.05. The second-order valence-electron chi connectivity index (χ2n) is 3.13. The maximum atomic E-state index is 5.84. The lowest BCUT2D eigenvalue weighted by atomic mass is 10.3. The molecule has 0 amide bonds. The summed E-state index contributed by atoms with van der Waals surface area (Å²) < 4.78 is 5.57. The van der Waals surface area contributed by atoms with Crippen LogP contribution in [0.2, 0.25) is 5.02 Å². The zero-order valence-electron chi connectivity index (χ0n) is 7.98. The molecule has 0 saturated carbocycles. The predicted molar refractivity (Wildman–Crippen MR) is 62.4 cm³/mol. The van der Waals surface area contributed by atoms with E-state index in [-0.39, 0.29) is 0 Å². The molecule has 0 atom stereocenters. The fourth-order valence-electron chi connectivity index (χ4n) is 1.20. The Bertz CT molecular complexity index is 453. The molecule has 2 rings (SSSR count). The van der Waals surface area contributed by atoms with Crippen molar-refractivity contribution in [1.82, 2.24) is 0 Å². The number of anilines is 1. The number of hydrogen-bond acceptors (Lipinski definition) is 2. The van der Waals surface area contributed by atoms with Crippen LogP contribution >= 0.6 is 11.6 Å². The molecule has 0 heterocycles. The molecular weight excluding hydrogens is 210 g/mol. The molecule has 0 aliphatic carbocycles. The van der Waals surface area contributed by atoms with E-state index in [1.165, 1.54) is 0 Å². The van der Waals surface area contributed by atoms with Crippen molar-refractivity contribution in [3.8, 4) is 11.5 Å². The second kappa shape index (κ2) is 4.24. The van der Waals surface area contributed by atoms with E-state index in [2.05, 4.69) is 0 Å². The first-order valence-corrected chi connectivity index (χ1v) is 4.91. The molecule has 0 saturated heterocycles. The van der Waals surface area contributed by atoms with Crippen molar-refractivity contribution in [2.24, 2.45) is 0 Å². The van der Waals surface area contributed by atoms with E-state index >= 15 is 0 Å². The predicted octanol–water partition coefficient (Wildman–Crippen LogP) is 3.71. The summed E-state index contributed by atoms with van der Waals surface area (Å²) in [5, 5.41) is 0.656. The SMILES string of the molecule is Nc1ccc(Oc2cccc(Cl)c2)cc1. The summed E-state index contributed by atoms with van der Waals surface area (Å²) >= 11 is 5.84. The number of nitrogen functional groups attached to an aromatic ring is 1. The van der Waals surface area contributed by atoms with Crippen LogP contribution in [-0.2, 0) is 0 Å². The van der Waals surface area contributed by atoms with Crippen LogP contribution in [-0.4, -0.2) is 0 Å². The lowest BCUT2D eigenvalue weighted by molar-refractivity contribution is 0.483. The third-order valence-corrected chi connectivity index (χ3v) is 2.15. The van der Waals surface area contributed by atoms with E-state index < -0.39 is 0 Å². The van der Waals surface area contributed by atoms with Crippen LogP contribution in [0.1, 0.15) is 0 Å². The molecule has 0 radical (unpaired) electrons. The zero-order valence-corrected chi connectivity index (χ0v) is 8.74. The molecule has 2 aromatic carbocycles. The van der Waals surface area contributed by atoms with Crippen LogP contribution < -0.4 is 10.5 Å². The Hall–Kier alpha value is -1.67. The first kappa shape index (κ1) is 9.87. The molecule has 0 unspecified atom stereocenters. The summed E-state index contributed by atoms with van der Waals surface area (Å²) in [5.41, 5.74) is 6.28. The van der Waals surface area contributed by atoms with Crippen molar-refractivity contribution in [2.45, 2.75) is 0 Å². The van der Waals surface area contributed by atoms with Crippen molar-refractivity contribution in [2.75, 3.05) is 5.73 Å². The average Bonchev–Trinajstić information content (AvgIpc) is 2.22. The highest BCUT2D eigenvalue weighted by molar-refractivity contribution is 6.30. The Morgan fingerprint density at radius 1 is 0.933 bits per heavy atom. The summed E-state index contributed by atoms with van der Waals surface area (Å²) in [5.74, 6) is 1.46. The molecule has 0 aliphatic rings. The third kappa shape index (κ3) is 2.64. The van der Waals surface area contributed by atoms with Crippen LogP contribution in [0.5, 0.6) is 11.5 Å². The molecule has 0 bridgehead atoms. The fourth-order valence-corrected chi connectivity index (χ4v) is 1.38. The van der Waals surface area contributed by atoms with E-state index in [0.29, 0.717) is 16.5 Å². The zero-order chi connectivity index (χ0) is 10.7. The first-order chi connectivity index (χ1) is 7.24. The van der Waals surface area contributed by atoms with Crippen molar-refractivity contribution in [3.63, 3.8) is 0 Å². The van der Waals surface area contributed by atoms with Gasteiger partial charge in [0.1, 0.15) is 11.5 Å². The van der Waals surface area contributed by atoms with Crippen molar-refractivity contribution in [1.29, 1.82) is 0 Å². The lowest BCUT2D eigenvalue weighted by Crippen LogP contribution is -1.86. The van der Waals surface area contributed by atoms with Crippen LogP contribution in [0.3, 0.4) is 0 Å². The highest BCUT2D eigenvalue weighted by Crippen LogP contribution is 2.24. The molecule has 0 aromatic heterocycles. The summed E-state index contributed by atoms with van der Waals surface area (Å²) in [6.45, 7) is 0. The van der Waals surface area contributed by atoms with Gasteiger partial charge in [0.05, 0.1) is 0 Å². The maximum absolute atomic E-state index is 5.84. The summed E-state index contributed by atoms with van der Waals surface area (Å²) in [6, 6.07) is 14.5. The van der Waals surface area contributed by atoms with Crippen LogP contribution in [0.4, 0.5) is 5.69 Å². The number of nitrogens with two attached hydrogens (primary N) is 1. The number of ether oxygens (including phenoxy) is 1. The molecule has 76 valence electrons. The third-order valence-electron chi connectivity index (χ3n) is 1.91. The van der Waals surface area contributed by atoms with Crippen molar-refractivity contribution in [3.05, 3.63) is 53.6 Å². The highest BCUT2D eigenvalue weighted by atomic mass is 35.5. The summed E-state index contributed by atoms with van der Waals surface area (Å²) in [6.07, 6.45) is 0. The van der Waals surface area contributed by atoms with E-state index in [9.17, 15) is 0 Å². The van der Waals surface area contributed by atoms with E-state index in [1.807, 2.05) is 24.3 Å². The average molecular weight is 220 g/mol. The number of benzene rings is 2. The molecular formula is C12H10ClNO. The van der Waals surface area contributed by atoms with Crippen molar-refractivity contribution < 1.29 is 4.74 Å². The minimum Gasteiger partial charge on any atom is -0.457 e. The number of rotatable bonds is 2. The summed E-state index contributed by atoms with van der Waals surface area (Å²) in [4.78, 5) is 0. The number of hydrogen-bond donors (Lipinski definition) is 1. The van der Waals surface area contributed by atoms with Gasteiger partial charge in [0.15, 0.2) is 0 Å². The highest BCUT2D eigenvalue weighted by Gasteiger charge is 1.97. The standard InChI is InChI=1S/C12H10ClNO/c13-9-2-1-3-12(8-9)15-11-6-4-10(14)5-7-11/h1-8H,14H2. The van der Waals surface area contributed by atoms with Gasteiger partial charge in [-0.25, -0.2) is 0 Å². The van der Waals surface area contributed by atoms with Gasteiger partial charge >= 0.3 is 0 Å². The van der Waals surface area contributed by atoms with E-state index in [1.54, 1.807) is 24.3 Å². The second-order valence-corrected chi connectivity index (χ2v) is 3.56. The topological polar surface area (TPSA) is 35.2 Å². The Morgan fingerprint density at radius 2 is 1.67 bits per heavy atom. The molecule has 2 aromatic rings. The van der Waals surface area contributed by atoms with Gasteiger partial charge in [-0.15, -0.1) is 0 Å². The molecule has 2 nitrogen and oxygen atoms in total. The Kier molecular flexibility index (Phi) is 2.79. The molecule has 0 aliphatic heterocycles. The Balaban J connectivity index is 2.18. The van der Waals surface area contributed by atoms with Crippen LogP contribution in [0.15, 0.2) is 48.5 Å². The molecule has 3 heteroatoms. The largest absolute Gasteiger partial charge is 0.457 e. The maximum Gasteiger partial charge on any atom is 0.128 e. The quantitative estimate of drug-likeness (QED) is 0.782. The van der Waals surface area contributed by atoms with Gasteiger partial charge in [-0.3, -0.25) is 0 Å². The van der Waals surface area contributed by atoms with Gasteiger partial charge in [0, 0.05) is 10.7 Å². The van der Waals surface area contributed by atoms with Gasteiger partial charge in [0.2, 0.25) is 0 Å². The van der Waals surface area contributed by atoms with Crippen LogP contribution in [0.25, 0.3) is 0 Å². The van der Waals surface area contributed by atoms with Gasteiger partial charge in [0.25, 0.3) is 0 Å². The first-order valence-electron chi connectivity index (χ1n) is 4.53. The smallest absolute Gasteiger partial charge is 0.128 e. The van der Waals surface area contributed by atoms with Gasteiger partial charge in [-0.05, 0) is 42.5 Å².